The van der Waals surface area contributed by atoms with Gasteiger partial charge in [0.25, 0.3) is 0 Å². The van der Waals surface area contributed by atoms with E-state index < -0.39 is 0 Å². The molecule has 0 heterocycles. The van der Waals surface area contributed by atoms with Crippen LogP contribution in [-0.2, 0) is 0 Å². The summed E-state index contributed by atoms with van der Waals surface area (Å²) < 4.78 is 0. The first kappa shape index (κ1) is 15.1. The summed E-state index contributed by atoms with van der Waals surface area (Å²) in [6.07, 6.45) is 3.55. The molecule has 0 aromatic heterocycles. The van der Waals surface area contributed by atoms with Crippen LogP contribution in [0.2, 0.25) is 0 Å². The van der Waals surface area contributed by atoms with Crippen LogP contribution in [0, 0.1) is 11.8 Å². The minimum Gasteiger partial charge on any atom is -0.0654 e. The van der Waals surface area contributed by atoms with Crippen molar-refractivity contribution >= 4 is 5.57 Å². The molecule has 0 amide bonds. The SMILES string of the molecule is CCCC/C(C)=C(/C#Cc1ccccc1)c1ccccc1. The molecule has 0 unspecified atom stereocenters. The molecule has 0 saturated carbocycles. The average molecular weight is 274 g/mol. The molecule has 0 radical (unpaired) electrons. The number of hydrogen-bond donors (Lipinski definition) is 0. The molecular formula is C21H22. The van der Waals surface area contributed by atoms with Crippen molar-refractivity contribution in [3.05, 3.63) is 77.4 Å². The van der Waals surface area contributed by atoms with Crippen LogP contribution in [0.1, 0.15) is 44.2 Å². The van der Waals surface area contributed by atoms with Crippen LogP contribution in [0.4, 0.5) is 0 Å². The maximum absolute atomic E-state index is 3.39. The van der Waals surface area contributed by atoms with Crippen LogP contribution in [0.5, 0.6) is 0 Å². The maximum atomic E-state index is 3.39. The van der Waals surface area contributed by atoms with E-state index in [1.54, 1.807) is 0 Å². The summed E-state index contributed by atoms with van der Waals surface area (Å²) in [7, 11) is 0. The van der Waals surface area contributed by atoms with Crippen LogP contribution < -0.4 is 0 Å². The van der Waals surface area contributed by atoms with Gasteiger partial charge in [-0.05, 0) is 37.5 Å². The van der Waals surface area contributed by atoms with Crippen LogP contribution in [0.3, 0.4) is 0 Å². The molecule has 0 heteroatoms. The zero-order valence-corrected chi connectivity index (χ0v) is 12.9. The molecule has 106 valence electrons. The molecule has 0 spiro atoms. The van der Waals surface area contributed by atoms with Gasteiger partial charge in [0.1, 0.15) is 0 Å². The second-order valence-electron chi connectivity index (χ2n) is 5.24. The topological polar surface area (TPSA) is 0 Å². The number of allylic oxidation sites excluding steroid dienone is 2. The molecule has 2 aromatic rings. The molecule has 2 rings (SSSR count). The van der Waals surface area contributed by atoms with E-state index in [1.165, 1.54) is 29.6 Å². The first-order valence-corrected chi connectivity index (χ1v) is 7.63. The van der Waals surface area contributed by atoms with Gasteiger partial charge < -0.3 is 0 Å². The van der Waals surface area contributed by atoms with Crippen molar-refractivity contribution in [2.75, 3.05) is 0 Å². The molecule has 0 fully saturated rings. The molecule has 0 atom stereocenters. The lowest BCUT2D eigenvalue weighted by atomic mass is 9.97. The molecule has 0 aliphatic rings. The second kappa shape index (κ2) is 8.12. The fourth-order valence-corrected chi connectivity index (χ4v) is 2.25. The zero-order chi connectivity index (χ0) is 14.9. The van der Waals surface area contributed by atoms with Crippen LogP contribution >= 0.6 is 0 Å². The van der Waals surface area contributed by atoms with Gasteiger partial charge in [-0.1, -0.05) is 79.3 Å². The molecule has 2 aromatic carbocycles. The Balaban J connectivity index is 2.36. The van der Waals surface area contributed by atoms with E-state index >= 15 is 0 Å². The molecule has 21 heavy (non-hydrogen) atoms. The van der Waals surface area contributed by atoms with E-state index in [4.69, 9.17) is 0 Å². The Bertz CT molecular complexity index is 637. The Hall–Kier alpha value is -2.26. The Kier molecular flexibility index (Phi) is 5.85. The summed E-state index contributed by atoms with van der Waals surface area (Å²) in [6, 6.07) is 20.7. The molecule has 0 bridgehead atoms. The van der Waals surface area contributed by atoms with Gasteiger partial charge in [0.15, 0.2) is 0 Å². The average Bonchev–Trinajstić information content (AvgIpc) is 2.55. The van der Waals surface area contributed by atoms with Crippen molar-refractivity contribution in [1.29, 1.82) is 0 Å². The summed E-state index contributed by atoms with van der Waals surface area (Å²) in [5.41, 5.74) is 4.84. The normalized spacial score (nSPS) is 11.3. The fraction of sp³-hybridized carbons (Fsp3) is 0.238. The van der Waals surface area contributed by atoms with E-state index in [1.807, 2.05) is 24.3 Å². The monoisotopic (exact) mass is 274 g/mol. The summed E-state index contributed by atoms with van der Waals surface area (Å²) >= 11 is 0. The Morgan fingerprint density at radius 1 is 0.905 bits per heavy atom. The van der Waals surface area contributed by atoms with E-state index in [-0.39, 0.29) is 0 Å². The molecule has 0 saturated heterocycles. The van der Waals surface area contributed by atoms with Gasteiger partial charge in [-0.3, -0.25) is 0 Å². The molecule has 0 N–H and O–H groups in total. The van der Waals surface area contributed by atoms with Gasteiger partial charge in [-0.2, -0.15) is 0 Å². The largest absolute Gasteiger partial charge is 0.0654 e. The van der Waals surface area contributed by atoms with Crippen molar-refractivity contribution in [3.63, 3.8) is 0 Å². The number of unbranched alkanes of at least 4 members (excludes halogenated alkanes) is 1. The van der Waals surface area contributed by atoms with E-state index in [2.05, 4.69) is 62.1 Å². The summed E-state index contributed by atoms with van der Waals surface area (Å²) in [4.78, 5) is 0. The Labute approximate surface area is 128 Å². The van der Waals surface area contributed by atoms with Gasteiger partial charge in [-0.25, -0.2) is 0 Å². The van der Waals surface area contributed by atoms with Crippen molar-refractivity contribution in [2.24, 2.45) is 0 Å². The van der Waals surface area contributed by atoms with Gasteiger partial charge in [0, 0.05) is 11.1 Å². The second-order valence-corrected chi connectivity index (χ2v) is 5.24. The van der Waals surface area contributed by atoms with E-state index in [0.717, 1.165) is 12.0 Å². The first-order chi connectivity index (χ1) is 10.3. The quantitative estimate of drug-likeness (QED) is 0.627. The summed E-state index contributed by atoms with van der Waals surface area (Å²) in [6.45, 7) is 4.43. The fourth-order valence-electron chi connectivity index (χ4n) is 2.25. The highest BCUT2D eigenvalue weighted by Crippen LogP contribution is 2.21. The predicted molar refractivity (Wildman–Crippen MR) is 91.9 cm³/mol. The van der Waals surface area contributed by atoms with Crippen LogP contribution in [0.25, 0.3) is 5.57 Å². The van der Waals surface area contributed by atoms with Crippen molar-refractivity contribution < 1.29 is 0 Å². The van der Waals surface area contributed by atoms with Gasteiger partial charge in [0.05, 0.1) is 0 Å². The molecule has 0 nitrogen and oxygen atoms in total. The Morgan fingerprint density at radius 3 is 2.14 bits per heavy atom. The highest BCUT2D eigenvalue weighted by atomic mass is 14.1. The summed E-state index contributed by atoms with van der Waals surface area (Å²) in [5, 5.41) is 0. The third kappa shape index (κ3) is 4.65. The third-order valence-electron chi connectivity index (χ3n) is 3.50. The van der Waals surface area contributed by atoms with Crippen LogP contribution in [-0.4, -0.2) is 0 Å². The smallest absolute Gasteiger partial charge is 0.0310 e. The van der Waals surface area contributed by atoms with Gasteiger partial charge >= 0.3 is 0 Å². The minimum absolute atomic E-state index is 1.06. The van der Waals surface area contributed by atoms with Gasteiger partial charge in [0.2, 0.25) is 0 Å². The standard InChI is InChI=1S/C21H22/c1-3-4-11-18(2)21(20-14-9-6-10-15-20)17-16-19-12-7-5-8-13-19/h5-10,12-15H,3-4,11H2,1-2H3/b21-18-. The number of benzene rings is 2. The van der Waals surface area contributed by atoms with Gasteiger partial charge in [-0.15, -0.1) is 0 Å². The molecular weight excluding hydrogens is 252 g/mol. The summed E-state index contributed by atoms with van der Waals surface area (Å²) in [5.74, 6) is 6.68. The Morgan fingerprint density at radius 2 is 1.52 bits per heavy atom. The maximum Gasteiger partial charge on any atom is 0.0310 e. The molecule has 0 aliphatic carbocycles. The number of rotatable bonds is 4. The van der Waals surface area contributed by atoms with E-state index in [9.17, 15) is 0 Å². The first-order valence-electron chi connectivity index (χ1n) is 7.63. The van der Waals surface area contributed by atoms with Crippen molar-refractivity contribution in [2.45, 2.75) is 33.1 Å². The minimum atomic E-state index is 1.06. The predicted octanol–water partition coefficient (Wildman–Crippen LogP) is 5.70. The van der Waals surface area contributed by atoms with E-state index in [0.29, 0.717) is 0 Å². The lowest BCUT2D eigenvalue weighted by Crippen LogP contribution is -1.88. The molecule has 0 aliphatic heterocycles. The third-order valence-corrected chi connectivity index (χ3v) is 3.50. The lowest BCUT2D eigenvalue weighted by molar-refractivity contribution is 0.789. The number of hydrogen-bond acceptors (Lipinski definition) is 0. The zero-order valence-electron chi connectivity index (χ0n) is 12.9. The van der Waals surface area contributed by atoms with Crippen LogP contribution in [0.15, 0.2) is 66.2 Å². The lowest BCUT2D eigenvalue weighted by Gasteiger charge is -2.07. The van der Waals surface area contributed by atoms with Crippen molar-refractivity contribution in [3.8, 4) is 11.8 Å². The van der Waals surface area contributed by atoms with Crippen molar-refractivity contribution in [1.82, 2.24) is 0 Å². The highest BCUT2D eigenvalue weighted by molar-refractivity contribution is 5.81. The highest BCUT2D eigenvalue weighted by Gasteiger charge is 2.03.